The third-order valence-electron chi connectivity index (χ3n) is 5.38. The molecule has 0 saturated carbocycles. The fourth-order valence-electron chi connectivity index (χ4n) is 3.73. The van der Waals surface area contributed by atoms with E-state index in [0.717, 1.165) is 41.0 Å². The van der Waals surface area contributed by atoms with E-state index in [1.54, 1.807) is 30.3 Å². The number of rotatable bonds is 10. The standard InChI is InChI=1S/C24H25N7O2/c1-32-15-13-30(17-19-7-5-14-33-19)12-11-26-24-27-21-9-3-2-8-20(21)23-28-22(29-31(23)24)18-6-4-10-25-16-18/h2-10,14,16H,11-13,15,17H2,1H3,(H,26,27). The highest BCUT2D eigenvalue weighted by atomic mass is 16.5. The lowest BCUT2D eigenvalue weighted by molar-refractivity contribution is 0.142. The first-order chi connectivity index (χ1) is 16.3. The van der Waals surface area contributed by atoms with E-state index < -0.39 is 0 Å². The Morgan fingerprint density at radius 1 is 1.06 bits per heavy atom. The number of hydrogen-bond acceptors (Lipinski definition) is 8. The lowest BCUT2D eigenvalue weighted by Crippen LogP contribution is -2.32. The zero-order valence-electron chi connectivity index (χ0n) is 18.4. The van der Waals surface area contributed by atoms with E-state index >= 15 is 0 Å². The second-order valence-electron chi connectivity index (χ2n) is 7.64. The minimum Gasteiger partial charge on any atom is -0.468 e. The van der Waals surface area contributed by atoms with E-state index in [9.17, 15) is 0 Å². The van der Waals surface area contributed by atoms with Gasteiger partial charge in [0.2, 0.25) is 5.95 Å². The zero-order chi connectivity index (χ0) is 22.5. The molecule has 0 saturated heterocycles. The average Bonchev–Trinajstić information content (AvgIpc) is 3.53. The molecule has 0 aliphatic rings. The quantitative estimate of drug-likeness (QED) is 0.351. The number of furan rings is 1. The summed E-state index contributed by atoms with van der Waals surface area (Å²) in [5, 5.41) is 9.13. The summed E-state index contributed by atoms with van der Waals surface area (Å²) >= 11 is 0. The zero-order valence-corrected chi connectivity index (χ0v) is 18.4. The molecule has 0 atom stereocenters. The molecule has 5 rings (SSSR count). The molecule has 4 heterocycles. The van der Waals surface area contributed by atoms with Gasteiger partial charge in [0.25, 0.3) is 0 Å². The van der Waals surface area contributed by atoms with E-state index in [0.29, 0.717) is 31.5 Å². The van der Waals surface area contributed by atoms with Crippen LogP contribution in [0.5, 0.6) is 0 Å². The number of pyridine rings is 1. The van der Waals surface area contributed by atoms with Crippen LogP contribution in [0.15, 0.2) is 71.6 Å². The molecule has 1 N–H and O–H groups in total. The Kier molecular flexibility index (Phi) is 6.23. The fraction of sp³-hybridized carbons (Fsp3) is 0.250. The predicted octanol–water partition coefficient (Wildman–Crippen LogP) is 3.49. The number of nitrogens with zero attached hydrogens (tertiary/aromatic N) is 6. The number of anilines is 1. The van der Waals surface area contributed by atoms with Crippen molar-refractivity contribution in [3.63, 3.8) is 0 Å². The summed E-state index contributed by atoms with van der Waals surface area (Å²) in [5.41, 5.74) is 2.48. The van der Waals surface area contributed by atoms with Crippen LogP contribution < -0.4 is 5.32 Å². The molecule has 33 heavy (non-hydrogen) atoms. The Morgan fingerprint density at radius 3 is 2.82 bits per heavy atom. The third-order valence-corrected chi connectivity index (χ3v) is 5.38. The van der Waals surface area contributed by atoms with Gasteiger partial charge < -0.3 is 14.5 Å². The van der Waals surface area contributed by atoms with Gasteiger partial charge >= 0.3 is 0 Å². The first kappa shape index (κ1) is 21.0. The Morgan fingerprint density at radius 2 is 2.00 bits per heavy atom. The molecule has 0 amide bonds. The van der Waals surface area contributed by atoms with Crippen LogP contribution in [0.3, 0.4) is 0 Å². The fourth-order valence-corrected chi connectivity index (χ4v) is 3.73. The molecular weight excluding hydrogens is 418 g/mol. The SMILES string of the molecule is COCCN(CCNc1nc2ccccc2c2nc(-c3cccnc3)nn12)Cc1ccco1. The topological polar surface area (TPSA) is 93.6 Å². The lowest BCUT2D eigenvalue weighted by Gasteiger charge is -2.21. The molecule has 9 nitrogen and oxygen atoms in total. The summed E-state index contributed by atoms with van der Waals surface area (Å²) in [5.74, 6) is 2.19. The molecular formula is C24H25N7O2. The summed E-state index contributed by atoms with van der Waals surface area (Å²) in [6.07, 6.45) is 5.20. The van der Waals surface area contributed by atoms with Crippen LogP contribution in [0.4, 0.5) is 5.95 Å². The van der Waals surface area contributed by atoms with Crippen molar-refractivity contribution in [2.24, 2.45) is 0 Å². The van der Waals surface area contributed by atoms with Crippen molar-refractivity contribution in [3.05, 3.63) is 72.9 Å². The number of methoxy groups -OCH3 is 1. The number of ether oxygens (including phenoxy) is 1. The van der Waals surface area contributed by atoms with Gasteiger partial charge in [0.15, 0.2) is 11.5 Å². The molecule has 4 aromatic heterocycles. The minimum atomic E-state index is 0.615. The number of aromatic nitrogens is 5. The Labute approximate surface area is 191 Å². The van der Waals surface area contributed by atoms with Crippen molar-refractivity contribution in [1.82, 2.24) is 29.5 Å². The van der Waals surface area contributed by atoms with Gasteiger partial charge in [-0.3, -0.25) is 9.88 Å². The lowest BCUT2D eigenvalue weighted by atomic mass is 10.2. The van der Waals surface area contributed by atoms with Crippen molar-refractivity contribution in [2.75, 3.05) is 38.7 Å². The molecule has 0 unspecified atom stereocenters. The summed E-state index contributed by atoms with van der Waals surface area (Å²) in [6.45, 7) is 3.62. The highest BCUT2D eigenvalue weighted by molar-refractivity contribution is 5.92. The van der Waals surface area contributed by atoms with Crippen molar-refractivity contribution in [1.29, 1.82) is 0 Å². The van der Waals surface area contributed by atoms with E-state index in [1.807, 2.05) is 48.5 Å². The maximum Gasteiger partial charge on any atom is 0.226 e. The van der Waals surface area contributed by atoms with Gasteiger partial charge in [0.05, 0.1) is 24.9 Å². The van der Waals surface area contributed by atoms with Gasteiger partial charge in [-0.2, -0.15) is 4.52 Å². The van der Waals surface area contributed by atoms with Gasteiger partial charge in [0, 0.05) is 50.1 Å². The van der Waals surface area contributed by atoms with Crippen LogP contribution in [-0.4, -0.2) is 62.8 Å². The molecule has 0 aliphatic heterocycles. The molecule has 0 aliphatic carbocycles. The van der Waals surface area contributed by atoms with Crippen LogP contribution >= 0.6 is 0 Å². The summed E-state index contributed by atoms with van der Waals surface area (Å²) in [4.78, 5) is 16.1. The Balaban J connectivity index is 1.41. The molecule has 0 fully saturated rings. The smallest absolute Gasteiger partial charge is 0.226 e. The van der Waals surface area contributed by atoms with Gasteiger partial charge in [-0.15, -0.1) is 5.10 Å². The van der Waals surface area contributed by atoms with Gasteiger partial charge in [0.1, 0.15) is 5.76 Å². The molecule has 1 aromatic carbocycles. The van der Waals surface area contributed by atoms with Gasteiger partial charge in [-0.05, 0) is 36.4 Å². The molecule has 168 valence electrons. The van der Waals surface area contributed by atoms with Gasteiger partial charge in [-0.25, -0.2) is 9.97 Å². The van der Waals surface area contributed by atoms with Crippen molar-refractivity contribution in [3.8, 4) is 11.4 Å². The number of benzene rings is 1. The molecule has 0 bridgehead atoms. The van der Waals surface area contributed by atoms with Crippen LogP contribution in [0.2, 0.25) is 0 Å². The normalized spacial score (nSPS) is 11.6. The number of hydrogen-bond donors (Lipinski definition) is 1. The summed E-state index contributed by atoms with van der Waals surface area (Å²) < 4.78 is 12.6. The third kappa shape index (κ3) is 4.69. The first-order valence-corrected chi connectivity index (χ1v) is 10.9. The highest BCUT2D eigenvalue weighted by Crippen LogP contribution is 2.23. The highest BCUT2D eigenvalue weighted by Gasteiger charge is 2.15. The van der Waals surface area contributed by atoms with Crippen LogP contribution in [0.25, 0.3) is 27.9 Å². The van der Waals surface area contributed by atoms with Crippen LogP contribution in [0.1, 0.15) is 5.76 Å². The maximum atomic E-state index is 5.52. The minimum absolute atomic E-state index is 0.615. The van der Waals surface area contributed by atoms with Gasteiger partial charge in [-0.1, -0.05) is 12.1 Å². The number of nitrogens with one attached hydrogen (secondary N) is 1. The van der Waals surface area contributed by atoms with Crippen LogP contribution in [0, 0.1) is 0 Å². The van der Waals surface area contributed by atoms with E-state index in [1.165, 1.54) is 0 Å². The largest absolute Gasteiger partial charge is 0.468 e. The summed E-state index contributed by atoms with van der Waals surface area (Å²) in [7, 11) is 1.71. The molecule has 9 heteroatoms. The van der Waals surface area contributed by atoms with Crippen molar-refractivity contribution < 1.29 is 9.15 Å². The van der Waals surface area contributed by atoms with E-state index in [2.05, 4.69) is 15.2 Å². The maximum absolute atomic E-state index is 5.52. The number of fused-ring (bicyclic) bond motifs is 3. The first-order valence-electron chi connectivity index (χ1n) is 10.9. The van der Waals surface area contributed by atoms with E-state index in [-0.39, 0.29) is 0 Å². The monoisotopic (exact) mass is 443 g/mol. The average molecular weight is 444 g/mol. The summed E-state index contributed by atoms with van der Waals surface area (Å²) in [6, 6.07) is 15.7. The number of para-hydroxylation sites is 1. The Hall–Kier alpha value is -3.82. The Bertz CT molecular complexity index is 1320. The molecule has 0 spiro atoms. The second-order valence-corrected chi connectivity index (χ2v) is 7.64. The van der Waals surface area contributed by atoms with Crippen molar-refractivity contribution >= 4 is 22.5 Å². The predicted molar refractivity (Wildman–Crippen MR) is 126 cm³/mol. The second kappa shape index (κ2) is 9.76. The molecule has 5 aromatic rings. The molecule has 0 radical (unpaired) electrons. The van der Waals surface area contributed by atoms with Crippen LogP contribution in [-0.2, 0) is 11.3 Å². The van der Waals surface area contributed by atoms with E-state index in [4.69, 9.17) is 24.2 Å². The van der Waals surface area contributed by atoms with Crippen molar-refractivity contribution in [2.45, 2.75) is 6.54 Å².